The highest BCUT2D eigenvalue weighted by molar-refractivity contribution is 7.80. The first-order valence-electron chi connectivity index (χ1n) is 5.42. The first-order chi connectivity index (χ1) is 7.79. The Bertz CT molecular complexity index is 357. The number of hydrazine groups is 1. The molecule has 0 spiro atoms. The number of nitrogens with two attached hydrogens (primary N) is 1. The lowest BCUT2D eigenvalue weighted by atomic mass is 10.2. The molecule has 1 aliphatic rings. The lowest BCUT2D eigenvalue weighted by Gasteiger charge is -2.18. The summed E-state index contributed by atoms with van der Waals surface area (Å²) in [4.78, 5) is 2.39. The van der Waals surface area contributed by atoms with E-state index in [9.17, 15) is 0 Å². The Kier molecular flexibility index (Phi) is 3.58. The Morgan fingerprint density at radius 3 is 2.38 bits per heavy atom. The molecular weight excluding hydrogens is 220 g/mol. The van der Waals surface area contributed by atoms with E-state index in [1.807, 2.05) is 12.1 Å². The molecular formula is C11H16N4S. The van der Waals surface area contributed by atoms with E-state index in [1.54, 1.807) is 0 Å². The van der Waals surface area contributed by atoms with Crippen LogP contribution in [0.25, 0.3) is 0 Å². The monoisotopic (exact) mass is 236 g/mol. The van der Waals surface area contributed by atoms with Crippen LogP contribution in [0.2, 0.25) is 0 Å². The van der Waals surface area contributed by atoms with Crippen molar-refractivity contribution >= 4 is 28.7 Å². The van der Waals surface area contributed by atoms with E-state index in [0.717, 1.165) is 18.8 Å². The number of hydrogen-bond acceptors (Lipinski definition) is 3. The average molecular weight is 236 g/mol. The van der Waals surface area contributed by atoms with Crippen molar-refractivity contribution in [1.82, 2.24) is 5.43 Å². The van der Waals surface area contributed by atoms with Crippen LogP contribution in [0.1, 0.15) is 12.8 Å². The van der Waals surface area contributed by atoms with Gasteiger partial charge >= 0.3 is 0 Å². The first-order valence-corrected chi connectivity index (χ1v) is 5.83. The molecule has 1 aliphatic heterocycles. The van der Waals surface area contributed by atoms with E-state index >= 15 is 0 Å². The molecule has 1 aromatic rings. The van der Waals surface area contributed by atoms with Crippen LogP contribution < -0.4 is 21.5 Å². The third-order valence-corrected chi connectivity index (χ3v) is 2.95. The number of rotatable bonds is 2. The summed E-state index contributed by atoms with van der Waals surface area (Å²) in [6, 6.07) is 8.23. The molecule has 0 unspecified atom stereocenters. The summed E-state index contributed by atoms with van der Waals surface area (Å²) in [7, 11) is 0. The number of benzene rings is 1. The summed E-state index contributed by atoms with van der Waals surface area (Å²) in [6.07, 6.45) is 2.59. The number of nitrogens with one attached hydrogen (secondary N) is 2. The smallest absolute Gasteiger partial charge is 0.185 e. The van der Waals surface area contributed by atoms with Crippen LogP contribution in [-0.4, -0.2) is 18.2 Å². The minimum Gasteiger partial charge on any atom is -0.372 e. The fraction of sp³-hybridized carbons (Fsp3) is 0.364. The fourth-order valence-corrected chi connectivity index (χ4v) is 2.02. The van der Waals surface area contributed by atoms with Crippen molar-refractivity contribution in [1.29, 1.82) is 0 Å². The Morgan fingerprint density at radius 1 is 1.19 bits per heavy atom. The van der Waals surface area contributed by atoms with Crippen LogP contribution in [0, 0.1) is 0 Å². The minimum absolute atomic E-state index is 0.425. The molecule has 1 fully saturated rings. The fourth-order valence-electron chi connectivity index (χ4n) is 1.90. The summed E-state index contributed by atoms with van der Waals surface area (Å²) in [5, 5.41) is 3.41. The van der Waals surface area contributed by atoms with Crippen molar-refractivity contribution in [2.75, 3.05) is 23.3 Å². The van der Waals surface area contributed by atoms with Gasteiger partial charge in [-0.25, -0.2) is 5.84 Å². The van der Waals surface area contributed by atoms with Crippen LogP contribution in [0.5, 0.6) is 0 Å². The van der Waals surface area contributed by atoms with Crippen LogP contribution in [-0.2, 0) is 0 Å². The average Bonchev–Trinajstić information content (AvgIpc) is 2.83. The number of nitrogens with zero attached hydrogens (tertiary/aromatic N) is 1. The zero-order chi connectivity index (χ0) is 11.4. The molecule has 16 heavy (non-hydrogen) atoms. The van der Waals surface area contributed by atoms with Gasteiger partial charge in [0.05, 0.1) is 0 Å². The van der Waals surface area contributed by atoms with Crippen molar-refractivity contribution in [3.8, 4) is 0 Å². The third kappa shape index (κ3) is 2.62. The number of hydrogen-bond donors (Lipinski definition) is 3. The third-order valence-electron chi connectivity index (χ3n) is 2.73. The maximum atomic E-state index is 5.19. The molecule has 0 saturated carbocycles. The Morgan fingerprint density at radius 2 is 1.81 bits per heavy atom. The normalized spacial score (nSPS) is 14.9. The van der Waals surface area contributed by atoms with Gasteiger partial charge in [0.1, 0.15) is 0 Å². The van der Waals surface area contributed by atoms with Crippen molar-refractivity contribution in [3.05, 3.63) is 24.3 Å². The molecule has 1 heterocycles. The van der Waals surface area contributed by atoms with Gasteiger partial charge in [-0.1, -0.05) is 0 Å². The van der Waals surface area contributed by atoms with Gasteiger partial charge in [0.15, 0.2) is 5.11 Å². The van der Waals surface area contributed by atoms with Gasteiger partial charge in [-0.15, -0.1) is 0 Å². The largest absolute Gasteiger partial charge is 0.372 e. The minimum atomic E-state index is 0.425. The number of anilines is 2. The maximum absolute atomic E-state index is 5.19. The van der Waals surface area contributed by atoms with Gasteiger partial charge in [-0.05, 0) is 49.3 Å². The SMILES string of the molecule is NNC(=S)Nc1ccc(N2CCCC2)cc1. The molecule has 0 amide bonds. The van der Waals surface area contributed by atoms with E-state index in [0.29, 0.717) is 5.11 Å². The highest BCUT2D eigenvalue weighted by Crippen LogP contribution is 2.21. The summed E-state index contributed by atoms with van der Waals surface area (Å²) >= 11 is 4.92. The van der Waals surface area contributed by atoms with Gasteiger partial charge in [-0.2, -0.15) is 0 Å². The predicted octanol–water partition coefficient (Wildman–Crippen LogP) is 1.45. The van der Waals surface area contributed by atoms with Crippen LogP contribution in [0.3, 0.4) is 0 Å². The van der Waals surface area contributed by atoms with Crippen LogP contribution >= 0.6 is 12.2 Å². The van der Waals surface area contributed by atoms with E-state index in [-0.39, 0.29) is 0 Å². The molecule has 0 bridgehead atoms. The standard InChI is InChI=1S/C11H16N4S/c12-14-11(16)13-9-3-5-10(6-4-9)15-7-1-2-8-15/h3-6H,1-2,7-8,12H2,(H2,13,14,16). The molecule has 4 N–H and O–H groups in total. The van der Waals surface area contributed by atoms with Crippen molar-refractivity contribution in [2.24, 2.45) is 5.84 Å². The van der Waals surface area contributed by atoms with Gasteiger partial charge in [-0.3, -0.25) is 0 Å². The molecule has 0 atom stereocenters. The highest BCUT2D eigenvalue weighted by atomic mass is 32.1. The molecule has 86 valence electrons. The van der Waals surface area contributed by atoms with Crippen molar-refractivity contribution in [2.45, 2.75) is 12.8 Å². The Balaban J connectivity index is 2.01. The Labute approximate surface area is 101 Å². The highest BCUT2D eigenvalue weighted by Gasteiger charge is 2.11. The first kappa shape index (κ1) is 11.2. The summed E-state index contributed by atoms with van der Waals surface area (Å²) in [5.74, 6) is 5.19. The molecule has 1 saturated heterocycles. The summed E-state index contributed by atoms with van der Waals surface area (Å²) in [6.45, 7) is 2.32. The van der Waals surface area contributed by atoms with Gasteiger partial charge < -0.3 is 15.6 Å². The van der Waals surface area contributed by atoms with E-state index in [1.165, 1.54) is 18.5 Å². The van der Waals surface area contributed by atoms with Crippen molar-refractivity contribution < 1.29 is 0 Å². The lowest BCUT2D eigenvalue weighted by molar-refractivity contribution is 0.949. The molecule has 4 nitrogen and oxygen atoms in total. The summed E-state index contributed by atoms with van der Waals surface area (Å²) in [5.41, 5.74) is 4.62. The molecule has 1 aromatic carbocycles. The Hall–Kier alpha value is -1.33. The topological polar surface area (TPSA) is 53.3 Å². The van der Waals surface area contributed by atoms with E-state index in [2.05, 4.69) is 27.8 Å². The molecule has 0 radical (unpaired) electrons. The van der Waals surface area contributed by atoms with Crippen LogP contribution in [0.15, 0.2) is 24.3 Å². The zero-order valence-corrected chi connectivity index (χ0v) is 9.89. The quantitative estimate of drug-likeness (QED) is 0.412. The van der Waals surface area contributed by atoms with E-state index < -0.39 is 0 Å². The van der Waals surface area contributed by atoms with Gasteiger partial charge in [0.2, 0.25) is 0 Å². The lowest BCUT2D eigenvalue weighted by Crippen LogP contribution is -2.34. The zero-order valence-electron chi connectivity index (χ0n) is 9.07. The molecule has 0 aromatic heterocycles. The maximum Gasteiger partial charge on any atom is 0.185 e. The summed E-state index contributed by atoms with van der Waals surface area (Å²) < 4.78 is 0. The molecule has 2 rings (SSSR count). The predicted molar refractivity (Wildman–Crippen MR) is 71.4 cm³/mol. The molecule has 0 aliphatic carbocycles. The number of thiocarbonyl (C=S) groups is 1. The van der Waals surface area contributed by atoms with Crippen molar-refractivity contribution in [3.63, 3.8) is 0 Å². The van der Waals surface area contributed by atoms with Crippen LogP contribution in [0.4, 0.5) is 11.4 Å². The second-order valence-electron chi connectivity index (χ2n) is 3.84. The van der Waals surface area contributed by atoms with Gasteiger partial charge in [0.25, 0.3) is 0 Å². The van der Waals surface area contributed by atoms with Gasteiger partial charge in [0, 0.05) is 24.5 Å². The second kappa shape index (κ2) is 5.14. The second-order valence-corrected chi connectivity index (χ2v) is 4.25. The van der Waals surface area contributed by atoms with E-state index in [4.69, 9.17) is 18.1 Å². The molecule has 5 heteroatoms.